The second-order valence-electron chi connectivity index (χ2n) is 7.04. The summed E-state index contributed by atoms with van der Waals surface area (Å²) in [7, 11) is 0. The predicted molar refractivity (Wildman–Crippen MR) is 75.0 cm³/mol. The van der Waals surface area contributed by atoms with Gasteiger partial charge in [0.25, 0.3) is 0 Å². The van der Waals surface area contributed by atoms with E-state index in [0.717, 1.165) is 18.8 Å². The molecule has 0 spiro atoms. The van der Waals surface area contributed by atoms with Crippen molar-refractivity contribution in [3.63, 3.8) is 0 Å². The molecular formula is C16H32O. The highest BCUT2D eigenvalue weighted by Crippen LogP contribution is 2.41. The lowest BCUT2D eigenvalue weighted by Crippen LogP contribution is -2.34. The average molecular weight is 240 g/mol. The highest BCUT2D eigenvalue weighted by atomic mass is 16.3. The van der Waals surface area contributed by atoms with Crippen LogP contribution in [0.4, 0.5) is 0 Å². The van der Waals surface area contributed by atoms with E-state index in [4.69, 9.17) is 0 Å². The number of aliphatic hydroxyl groups is 1. The Kier molecular flexibility index (Phi) is 5.50. The molecule has 1 heteroatoms. The Morgan fingerprint density at radius 3 is 1.82 bits per heavy atom. The van der Waals surface area contributed by atoms with Crippen LogP contribution in [0.3, 0.4) is 0 Å². The lowest BCUT2D eigenvalue weighted by Gasteiger charge is -2.39. The number of hydrogen-bond acceptors (Lipinski definition) is 1. The lowest BCUT2D eigenvalue weighted by atomic mass is 9.67. The SMILES string of the molecule is CCC(CC)C(O)C1CCC(C(C)(C)C)CC1. The third kappa shape index (κ3) is 3.98. The molecule has 0 bridgehead atoms. The van der Waals surface area contributed by atoms with Gasteiger partial charge >= 0.3 is 0 Å². The molecule has 1 aliphatic carbocycles. The van der Waals surface area contributed by atoms with Gasteiger partial charge in [-0.25, -0.2) is 0 Å². The van der Waals surface area contributed by atoms with Gasteiger partial charge in [-0.3, -0.25) is 0 Å². The van der Waals surface area contributed by atoms with Crippen LogP contribution in [0, 0.1) is 23.2 Å². The van der Waals surface area contributed by atoms with Gasteiger partial charge in [0.05, 0.1) is 6.10 Å². The minimum atomic E-state index is -0.0501. The van der Waals surface area contributed by atoms with Crippen LogP contribution in [0.1, 0.15) is 73.1 Å². The summed E-state index contributed by atoms with van der Waals surface area (Å²) in [5, 5.41) is 10.4. The Morgan fingerprint density at radius 2 is 1.47 bits per heavy atom. The maximum Gasteiger partial charge on any atom is 0.0596 e. The molecule has 0 amide bonds. The largest absolute Gasteiger partial charge is 0.393 e. The third-order valence-electron chi connectivity index (χ3n) is 5.01. The van der Waals surface area contributed by atoms with Crippen molar-refractivity contribution in [2.24, 2.45) is 23.2 Å². The van der Waals surface area contributed by atoms with E-state index in [0.29, 0.717) is 17.3 Å². The molecule has 1 rings (SSSR count). The summed E-state index contributed by atoms with van der Waals surface area (Å²) >= 11 is 0. The first-order valence-corrected chi connectivity index (χ1v) is 7.58. The molecule has 0 aromatic heterocycles. The Bertz CT molecular complexity index is 204. The van der Waals surface area contributed by atoms with Crippen molar-refractivity contribution in [3.05, 3.63) is 0 Å². The number of hydrogen-bond donors (Lipinski definition) is 1. The fourth-order valence-electron chi connectivity index (χ4n) is 3.48. The van der Waals surface area contributed by atoms with Gasteiger partial charge in [-0.1, -0.05) is 47.5 Å². The molecule has 1 fully saturated rings. The van der Waals surface area contributed by atoms with Crippen LogP contribution in [-0.4, -0.2) is 11.2 Å². The van der Waals surface area contributed by atoms with E-state index in [-0.39, 0.29) is 6.10 Å². The monoisotopic (exact) mass is 240 g/mol. The Hall–Kier alpha value is -0.0400. The molecule has 1 saturated carbocycles. The molecule has 0 saturated heterocycles. The van der Waals surface area contributed by atoms with Gasteiger partial charge < -0.3 is 5.11 Å². The summed E-state index contributed by atoms with van der Waals surface area (Å²) in [4.78, 5) is 0. The van der Waals surface area contributed by atoms with Crippen LogP contribution in [0.5, 0.6) is 0 Å². The van der Waals surface area contributed by atoms with Crippen LogP contribution in [0.2, 0.25) is 0 Å². The van der Waals surface area contributed by atoms with Crippen molar-refractivity contribution in [1.82, 2.24) is 0 Å². The lowest BCUT2D eigenvalue weighted by molar-refractivity contribution is 0.0118. The van der Waals surface area contributed by atoms with E-state index < -0.39 is 0 Å². The topological polar surface area (TPSA) is 20.2 Å². The molecule has 102 valence electrons. The van der Waals surface area contributed by atoms with Gasteiger partial charge in [0.15, 0.2) is 0 Å². The fraction of sp³-hybridized carbons (Fsp3) is 1.00. The first kappa shape index (κ1) is 15.0. The van der Waals surface area contributed by atoms with Crippen molar-refractivity contribution < 1.29 is 5.11 Å². The quantitative estimate of drug-likeness (QED) is 0.759. The van der Waals surface area contributed by atoms with Gasteiger partial charge in [-0.15, -0.1) is 0 Å². The number of rotatable bonds is 4. The summed E-state index contributed by atoms with van der Waals surface area (Å²) in [5.74, 6) is 1.94. The predicted octanol–water partition coefficient (Wildman–Crippen LogP) is 4.64. The maximum absolute atomic E-state index is 10.4. The maximum atomic E-state index is 10.4. The summed E-state index contributed by atoms with van der Waals surface area (Å²) in [5.41, 5.74) is 0.449. The fourth-order valence-corrected chi connectivity index (χ4v) is 3.48. The van der Waals surface area contributed by atoms with E-state index in [2.05, 4.69) is 34.6 Å². The Morgan fingerprint density at radius 1 is 1.00 bits per heavy atom. The highest BCUT2D eigenvalue weighted by Gasteiger charge is 2.33. The van der Waals surface area contributed by atoms with Gasteiger partial charge in [0.2, 0.25) is 0 Å². The van der Waals surface area contributed by atoms with Gasteiger partial charge in [0.1, 0.15) is 0 Å². The smallest absolute Gasteiger partial charge is 0.0596 e. The molecule has 1 nitrogen and oxygen atoms in total. The minimum Gasteiger partial charge on any atom is -0.393 e. The first-order valence-electron chi connectivity index (χ1n) is 7.58. The second kappa shape index (κ2) is 6.22. The molecule has 1 N–H and O–H groups in total. The highest BCUT2D eigenvalue weighted by molar-refractivity contribution is 4.84. The van der Waals surface area contributed by atoms with Gasteiger partial charge in [-0.2, -0.15) is 0 Å². The molecule has 17 heavy (non-hydrogen) atoms. The minimum absolute atomic E-state index is 0.0501. The van der Waals surface area contributed by atoms with Crippen molar-refractivity contribution in [2.75, 3.05) is 0 Å². The van der Waals surface area contributed by atoms with Crippen LogP contribution in [-0.2, 0) is 0 Å². The molecule has 0 aromatic carbocycles. The molecule has 1 atom stereocenters. The molecule has 1 unspecified atom stereocenters. The summed E-state index contributed by atoms with van der Waals surface area (Å²) in [6.45, 7) is 11.5. The van der Waals surface area contributed by atoms with Gasteiger partial charge in [0, 0.05) is 0 Å². The standard InChI is InChI=1S/C16H32O/c1-6-12(7-2)15(17)13-8-10-14(11-9-13)16(3,4)5/h12-15,17H,6-11H2,1-5H3. The van der Waals surface area contributed by atoms with E-state index in [1.165, 1.54) is 25.7 Å². The zero-order chi connectivity index (χ0) is 13.1. The Balaban J connectivity index is 2.46. The van der Waals surface area contributed by atoms with Crippen molar-refractivity contribution in [2.45, 2.75) is 79.2 Å². The third-order valence-corrected chi connectivity index (χ3v) is 5.01. The normalized spacial score (nSPS) is 28.4. The van der Waals surface area contributed by atoms with E-state index in [1.807, 2.05) is 0 Å². The average Bonchev–Trinajstić information content (AvgIpc) is 2.29. The summed E-state index contributed by atoms with van der Waals surface area (Å²) < 4.78 is 0. The first-order chi connectivity index (χ1) is 7.90. The number of aliphatic hydroxyl groups excluding tert-OH is 1. The Labute approximate surface area is 108 Å². The molecular weight excluding hydrogens is 208 g/mol. The summed E-state index contributed by atoms with van der Waals surface area (Å²) in [6.07, 6.45) is 7.29. The molecule has 0 aliphatic heterocycles. The van der Waals surface area contributed by atoms with Crippen LogP contribution in [0.15, 0.2) is 0 Å². The van der Waals surface area contributed by atoms with Crippen molar-refractivity contribution >= 4 is 0 Å². The zero-order valence-corrected chi connectivity index (χ0v) is 12.5. The molecule has 0 heterocycles. The summed E-state index contributed by atoms with van der Waals surface area (Å²) in [6, 6.07) is 0. The van der Waals surface area contributed by atoms with Crippen LogP contribution in [0.25, 0.3) is 0 Å². The van der Waals surface area contributed by atoms with Crippen molar-refractivity contribution in [3.8, 4) is 0 Å². The van der Waals surface area contributed by atoms with Crippen LogP contribution >= 0.6 is 0 Å². The molecule has 0 radical (unpaired) electrons. The van der Waals surface area contributed by atoms with E-state index >= 15 is 0 Å². The second-order valence-corrected chi connectivity index (χ2v) is 7.04. The van der Waals surface area contributed by atoms with Crippen molar-refractivity contribution in [1.29, 1.82) is 0 Å². The van der Waals surface area contributed by atoms with Crippen LogP contribution < -0.4 is 0 Å². The van der Waals surface area contributed by atoms with E-state index in [9.17, 15) is 5.11 Å². The van der Waals surface area contributed by atoms with E-state index in [1.54, 1.807) is 0 Å². The molecule has 1 aliphatic rings. The molecule has 0 aromatic rings. The van der Waals surface area contributed by atoms with Gasteiger partial charge in [-0.05, 0) is 48.9 Å². The zero-order valence-electron chi connectivity index (χ0n) is 12.5.